The van der Waals surface area contributed by atoms with Crippen molar-refractivity contribution in [1.29, 1.82) is 0 Å². The molecule has 0 aliphatic heterocycles. The molecule has 0 bridgehead atoms. The molecule has 0 radical (unpaired) electrons. The van der Waals surface area contributed by atoms with Crippen molar-refractivity contribution in [3.63, 3.8) is 0 Å². The van der Waals surface area contributed by atoms with E-state index >= 15 is 0 Å². The summed E-state index contributed by atoms with van der Waals surface area (Å²) in [6.45, 7) is 3.65. The van der Waals surface area contributed by atoms with Gasteiger partial charge in [0.15, 0.2) is 0 Å². The fourth-order valence-electron chi connectivity index (χ4n) is 1.36. The molecule has 1 N–H and O–H groups in total. The van der Waals surface area contributed by atoms with Crippen LogP contribution in [0.5, 0.6) is 5.75 Å². The molecule has 1 aromatic carbocycles. The summed E-state index contributed by atoms with van der Waals surface area (Å²) in [6.07, 6.45) is 0. The molecule has 0 saturated heterocycles. The van der Waals surface area contributed by atoms with Gasteiger partial charge in [-0.25, -0.2) is 4.79 Å². The Labute approximate surface area is 128 Å². The van der Waals surface area contributed by atoms with E-state index in [9.17, 15) is 9.59 Å². The van der Waals surface area contributed by atoms with Crippen LogP contribution in [0.3, 0.4) is 0 Å². The van der Waals surface area contributed by atoms with Gasteiger partial charge >= 0.3 is 35.5 Å². The van der Waals surface area contributed by atoms with E-state index in [1.165, 1.54) is 14.0 Å². The van der Waals surface area contributed by atoms with E-state index < -0.39 is 5.97 Å². The first-order chi connectivity index (χ1) is 8.08. The first-order valence-corrected chi connectivity index (χ1v) is 5.21. The summed E-state index contributed by atoms with van der Waals surface area (Å²) in [5, 5.41) is 2.62. The van der Waals surface area contributed by atoms with Crippen molar-refractivity contribution in [2.24, 2.45) is 0 Å². The Morgan fingerprint density at radius 3 is 2.50 bits per heavy atom. The van der Waals surface area contributed by atoms with Crippen molar-refractivity contribution in [2.75, 3.05) is 19.0 Å². The van der Waals surface area contributed by atoms with Crippen molar-refractivity contribution in [2.45, 2.75) is 13.8 Å². The van der Waals surface area contributed by atoms with E-state index in [2.05, 4.69) is 10.1 Å². The zero-order valence-corrected chi connectivity index (χ0v) is 10.1. The van der Waals surface area contributed by atoms with Gasteiger partial charge in [0.1, 0.15) is 11.3 Å². The van der Waals surface area contributed by atoms with Crippen molar-refractivity contribution in [3.8, 4) is 5.75 Å². The van der Waals surface area contributed by atoms with E-state index in [1.807, 2.05) is 6.92 Å². The summed E-state index contributed by atoms with van der Waals surface area (Å²) in [5.41, 5.74) is 0.914. The van der Waals surface area contributed by atoms with Gasteiger partial charge in [-0.2, -0.15) is 0 Å². The Bertz CT molecular complexity index is 434. The van der Waals surface area contributed by atoms with Gasteiger partial charge in [0.05, 0.1) is 13.7 Å². The standard InChI is InChI=1S/C12H15NO4.Na.H/c1-4-17-11-7-9(13-8(2)14)5-6-10(11)12(15)16-3;;/h5-7H,4H2,1-3H3,(H,13,14);;. The number of hydrogen-bond donors (Lipinski definition) is 1. The number of ether oxygens (including phenoxy) is 2. The first kappa shape index (κ1) is 17.0. The normalized spacial score (nSPS) is 9.06. The predicted octanol–water partition coefficient (Wildman–Crippen LogP) is 1.18. The Balaban J connectivity index is 0.00000289. The number of hydrogen-bond acceptors (Lipinski definition) is 4. The van der Waals surface area contributed by atoms with Crippen LogP contribution in [-0.4, -0.2) is 55.2 Å². The van der Waals surface area contributed by atoms with E-state index in [4.69, 9.17) is 4.74 Å². The van der Waals surface area contributed by atoms with Crippen LogP contribution in [0.2, 0.25) is 0 Å². The van der Waals surface area contributed by atoms with Crippen molar-refractivity contribution < 1.29 is 19.1 Å². The number of anilines is 1. The third kappa shape index (κ3) is 4.68. The SMILES string of the molecule is CCOc1cc(NC(C)=O)ccc1C(=O)OC.[NaH]. The van der Waals surface area contributed by atoms with Gasteiger partial charge < -0.3 is 14.8 Å². The topological polar surface area (TPSA) is 64.6 Å². The Hall–Kier alpha value is -1.04. The van der Waals surface area contributed by atoms with Gasteiger partial charge in [0.2, 0.25) is 5.91 Å². The number of rotatable bonds is 4. The molecule has 0 unspecified atom stereocenters. The summed E-state index contributed by atoms with van der Waals surface area (Å²) in [4.78, 5) is 22.4. The molecule has 94 valence electrons. The molecule has 5 nitrogen and oxygen atoms in total. The zero-order chi connectivity index (χ0) is 12.8. The minimum atomic E-state index is -0.470. The molecule has 0 aliphatic rings. The molecule has 0 aliphatic carbocycles. The van der Waals surface area contributed by atoms with E-state index in [-0.39, 0.29) is 35.5 Å². The third-order valence-electron chi connectivity index (χ3n) is 2.01. The van der Waals surface area contributed by atoms with Gasteiger partial charge in [-0.05, 0) is 19.1 Å². The van der Waals surface area contributed by atoms with Gasteiger partial charge in [-0.15, -0.1) is 0 Å². The molecule has 1 aromatic rings. The molecule has 1 amide bonds. The number of carbonyl (C=O) groups is 2. The summed E-state index contributed by atoms with van der Waals surface area (Å²) >= 11 is 0. The molecular weight excluding hydrogens is 245 g/mol. The van der Waals surface area contributed by atoms with Gasteiger partial charge in [0, 0.05) is 18.7 Å². The van der Waals surface area contributed by atoms with Crippen molar-refractivity contribution >= 4 is 47.1 Å². The number of methoxy groups -OCH3 is 1. The molecule has 0 atom stereocenters. The second-order valence-corrected chi connectivity index (χ2v) is 3.32. The Kier molecular flexibility index (Phi) is 7.66. The van der Waals surface area contributed by atoms with Gasteiger partial charge in [-0.1, -0.05) is 0 Å². The van der Waals surface area contributed by atoms with Crippen molar-refractivity contribution in [3.05, 3.63) is 23.8 Å². The molecule has 0 heterocycles. The van der Waals surface area contributed by atoms with Crippen LogP contribution in [0.25, 0.3) is 0 Å². The number of esters is 1. The summed E-state index contributed by atoms with van der Waals surface area (Å²) in [6, 6.07) is 4.77. The molecule has 0 spiro atoms. The predicted molar refractivity (Wildman–Crippen MR) is 70.4 cm³/mol. The van der Waals surface area contributed by atoms with Crippen LogP contribution >= 0.6 is 0 Å². The molecule has 18 heavy (non-hydrogen) atoms. The molecule has 0 saturated carbocycles. The second-order valence-electron chi connectivity index (χ2n) is 3.32. The number of nitrogens with one attached hydrogen (secondary N) is 1. The Morgan fingerprint density at radius 1 is 1.33 bits per heavy atom. The van der Waals surface area contributed by atoms with Gasteiger partial charge in [-0.3, -0.25) is 4.79 Å². The van der Waals surface area contributed by atoms with Crippen LogP contribution in [-0.2, 0) is 9.53 Å². The quantitative estimate of drug-likeness (QED) is 0.653. The molecular formula is C12H16NNaO4. The van der Waals surface area contributed by atoms with E-state index in [0.29, 0.717) is 23.6 Å². The van der Waals surface area contributed by atoms with Crippen LogP contribution < -0.4 is 10.1 Å². The molecule has 0 fully saturated rings. The summed E-state index contributed by atoms with van der Waals surface area (Å²) < 4.78 is 9.97. The molecule has 1 rings (SSSR count). The summed E-state index contributed by atoms with van der Waals surface area (Å²) in [5.74, 6) is -0.258. The van der Waals surface area contributed by atoms with Crippen molar-refractivity contribution in [1.82, 2.24) is 0 Å². The van der Waals surface area contributed by atoms with Crippen LogP contribution in [0, 0.1) is 0 Å². The second kappa shape index (κ2) is 8.13. The monoisotopic (exact) mass is 261 g/mol. The number of carbonyl (C=O) groups excluding carboxylic acids is 2. The minimum absolute atomic E-state index is 0. The van der Waals surface area contributed by atoms with E-state index in [0.717, 1.165) is 0 Å². The maximum atomic E-state index is 11.5. The van der Waals surface area contributed by atoms with Crippen LogP contribution in [0.4, 0.5) is 5.69 Å². The fourth-order valence-corrected chi connectivity index (χ4v) is 1.36. The first-order valence-electron chi connectivity index (χ1n) is 5.21. The van der Waals surface area contributed by atoms with E-state index in [1.54, 1.807) is 18.2 Å². The molecule has 0 aromatic heterocycles. The summed E-state index contributed by atoms with van der Waals surface area (Å²) in [7, 11) is 1.31. The fraction of sp³-hybridized carbons (Fsp3) is 0.333. The van der Waals surface area contributed by atoms with Gasteiger partial charge in [0.25, 0.3) is 0 Å². The third-order valence-corrected chi connectivity index (χ3v) is 2.01. The number of amides is 1. The Morgan fingerprint density at radius 2 is 2.00 bits per heavy atom. The van der Waals surface area contributed by atoms with Crippen LogP contribution in [0.1, 0.15) is 24.2 Å². The maximum absolute atomic E-state index is 11.5. The van der Waals surface area contributed by atoms with Crippen LogP contribution in [0.15, 0.2) is 18.2 Å². The number of benzene rings is 1. The zero-order valence-electron chi connectivity index (χ0n) is 10.1. The average Bonchev–Trinajstić information content (AvgIpc) is 2.28. The molecule has 6 heteroatoms. The average molecular weight is 261 g/mol.